The minimum absolute atomic E-state index is 0.0309. The van der Waals surface area contributed by atoms with E-state index in [2.05, 4.69) is 4.74 Å². The van der Waals surface area contributed by atoms with Crippen molar-refractivity contribution in [1.29, 1.82) is 0 Å². The number of aryl methyl sites for hydroxylation is 1. The minimum Gasteiger partial charge on any atom is -0.493 e. The smallest absolute Gasteiger partial charge is 0.378 e. The van der Waals surface area contributed by atoms with Crippen molar-refractivity contribution in [3.05, 3.63) is 64.5 Å². The summed E-state index contributed by atoms with van der Waals surface area (Å²) < 4.78 is 128. The van der Waals surface area contributed by atoms with E-state index in [1.54, 1.807) is 18.2 Å². The number of carbonyl (C=O) groups is 1. The second-order valence-electron chi connectivity index (χ2n) is 9.89. The van der Waals surface area contributed by atoms with Crippen LogP contribution in [-0.2, 0) is 16.0 Å². The zero-order valence-corrected chi connectivity index (χ0v) is 22.8. The summed E-state index contributed by atoms with van der Waals surface area (Å²) in [7, 11) is 0. The van der Waals surface area contributed by atoms with Gasteiger partial charge >= 0.3 is 35.3 Å². The van der Waals surface area contributed by atoms with Crippen molar-refractivity contribution < 1.29 is 53.8 Å². The molecule has 0 atom stereocenters. The van der Waals surface area contributed by atoms with E-state index in [-0.39, 0.29) is 16.9 Å². The van der Waals surface area contributed by atoms with E-state index < -0.39 is 67.3 Å². The van der Waals surface area contributed by atoms with Crippen LogP contribution in [0.2, 0.25) is 0 Å². The summed E-state index contributed by atoms with van der Waals surface area (Å²) >= 11 is 0. The Bertz CT molecular complexity index is 1470. The number of ether oxygens (including phenoxy) is 2. The number of alkyl halides is 8. The number of hydrogen-bond acceptors (Lipinski definition) is 5. The molecule has 0 spiro atoms. The molecular weight excluding hydrogens is 580 g/mol. The van der Waals surface area contributed by atoms with Crippen molar-refractivity contribution in [2.24, 2.45) is 5.92 Å². The molecule has 0 saturated carbocycles. The molecule has 0 aliphatic rings. The Morgan fingerprint density at radius 1 is 0.833 bits per heavy atom. The van der Waals surface area contributed by atoms with Crippen LogP contribution in [0, 0.1) is 5.92 Å². The fourth-order valence-electron chi connectivity index (χ4n) is 3.98. The maximum atomic E-state index is 14.3. The Morgan fingerprint density at radius 2 is 1.43 bits per heavy atom. The van der Waals surface area contributed by atoms with E-state index in [0.717, 1.165) is 11.6 Å². The third-order valence-electron chi connectivity index (χ3n) is 6.53. The normalized spacial score (nSPS) is 13.0. The van der Waals surface area contributed by atoms with E-state index in [1.807, 2.05) is 19.1 Å². The summed E-state index contributed by atoms with van der Waals surface area (Å²) in [5.74, 6) is -26.3. The Kier molecular flexibility index (Phi) is 9.63. The van der Waals surface area contributed by atoms with Gasteiger partial charge in [-0.05, 0) is 35.7 Å². The predicted octanol–water partition coefficient (Wildman–Crippen LogP) is 7.92. The summed E-state index contributed by atoms with van der Waals surface area (Å²) in [4.78, 5) is 23.9. The minimum atomic E-state index is -6.49. The van der Waals surface area contributed by atoms with Crippen LogP contribution in [-0.4, -0.2) is 42.9 Å². The van der Waals surface area contributed by atoms with Crippen molar-refractivity contribution in [1.82, 2.24) is 0 Å². The molecule has 0 aliphatic heterocycles. The average molecular weight is 609 g/mol. The number of halogens is 8. The topological polar surface area (TPSA) is 65.7 Å². The van der Waals surface area contributed by atoms with Crippen LogP contribution in [0.1, 0.15) is 39.2 Å². The van der Waals surface area contributed by atoms with Gasteiger partial charge in [0.15, 0.2) is 0 Å². The quantitative estimate of drug-likeness (QED) is 0.112. The molecule has 0 radical (unpaired) electrons. The second kappa shape index (κ2) is 12.3. The van der Waals surface area contributed by atoms with Crippen molar-refractivity contribution in [3.63, 3.8) is 0 Å². The molecule has 0 unspecified atom stereocenters. The van der Waals surface area contributed by atoms with Crippen LogP contribution >= 0.6 is 0 Å². The number of benzene rings is 2. The molecule has 0 saturated heterocycles. The molecule has 0 N–H and O–H groups in total. The van der Waals surface area contributed by atoms with E-state index in [1.165, 1.54) is 26.0 Å². The molecule has 42 heavy (non-hydrogen) atoms. The van der Waals surface area contributed by atoms with E-state index in [9.17, 15) is 44.7 Å². The molecule has 2 aromatic carbocycles. The van der Waals surface area contributed by atoms with Crippen molar-refractivity contribution in [2.75, 3.05) is 13.2 Å². The van der Waals surface area contributed by atoms with Crippen LogP contribution in [0.5, 0.6) is 5.75 Å². The van der Waals surface area contributed by atoms with Gasteiger partial charge in [0.05, 0.1) is 37.5 Å². The van der Waals surface area contributed by atoms with Crippen molar-refractivity contribution in [3.8, 4) is 16.9 Å². The monoisotopic (exact) mass is 608 g/mol. The molecule has 13 heteroatoms. The first-order valence-corrected chi connectivity index (χ1v) is 12.9. The Morgan fingerprint density at radius 3 is 2.02 bits per heavy atom. The van der Waals surface area contributed by atoms with Crippen LogP contribution in [0.3, 0.4) is 0 Å². The van der Waals surface area contributed by atoms with E-state index >= 15 is 0 Å². The molecule has 3 aromatic rings. The number of hydrogen-bond donors (Lipinski definition) is 0. The van der Waals surface area contributed by atoms with Gasteiger partial charge in [-0.25, -0.2) is 4.79 Å². The largest absolute Gasteiger partial charge is 0.493 e. The molecule has 3 rings (SSSR count). The summed E-state index contributed by atoms with van der Waals surface area (Å²) in [6, 6.07) is 12.4. The standard InChI is InChI=1S/C29H28F8O5/c1-4-18-7-5-6-8-21(18)22-15-19-9-10-20(16-23(19)42-25(22)39)40-13-11-26(30,31)28(34,35)29(36,37)27(32,33)12-14-41-24(38)17(2)3/h5-10,15-17H,4,11-14H2,1-3H3. The Labute approximate surface area is 235 Å². The molecule has 1 aromatic heterocycles. The van der Waals surface area contributed by atoms with Crippen molar-refractivity contribution >= 4 is 16.9 Å². The fraction of sp³-hybridized carbons (Fsp3) is 0.448. The van der Waals surface area contributed by atoms with Crippen LogP contribution in [0.25, 0.3) is 22.1 Å². The third-order valence-corrected chi connectivity index (χ3v) is 6.53. The molecule has 0 amide bonds. The SMILES string of the molecule is CCc1ccccc1-c1cc2ccc(OCCC(F)(F)C(F)(F)C(F)(F)C(F)(F)CCOC(=O)C(C)C)cc2oc1=O. The molecule has 230 valence electrons. The lowest BCUT2D eigenvalue weighted by molar-refractivity contribution is -0.369. The van der Waals surface area contributed by atoms with Crippen molar-refractivity contribution in [2.45, 2.75) is 63.7 Å². The third kappa shape index (κ3) is 6.54. The van der Waals surface area contributed by atoms with Gasteiger partial charge in [-0.15, -0.1) is 0 Å². The molecule has 0 fully saturated rings. The Balaban J connectivity index is 1.71. The van der Waals surface area contributed by atoms with E-state index in [0.29, 0.717) is 17.4 Å². The van der Waals surface area contributed by atoms with Crippen LogP contribution in [0.4, 0.5) is 35.1 Å². The highest BCUT2D eigenvalue weighted by atomic mass is 19.4. The van der Waals surface area contributed by atoms with E-state index in [4.69, 9.17) is 9.15 Å². The molecule has 0 bridgehead atoms. The van der Waals surface area contributed by atoms with Gasteiger partial charge < -0.3 is 13.9 Å². The lowest BCUT2D eigenvalue weighted by Gasteiger charge is -2.36. The van der Waals surface area contributed by atoms with Gasteiger partial charge in [-0.1, -0.05) is 45.0 Å². The van der Waals surface area contributed by atoms with Gasteiger partial charge in [-0.2, -0.15) is 35.1 Å². The first-order valence-electron chi connectivity index (χ1n) is 12.9. The summed E-state index contributed by atoms with van der Waals surface area (Å²) in [5.41, 5.74) is 1.06. The average Bonchev–Trinajstić information content (AvgIpc) is 2.92. The molecular formula is C29H28F8O5. The zero-order valence-electron chi connectivity index (χ0n) is 22.8. The van der Waals surface area contributed by atoms with Gasteiger partial charge in [0.2, 0.25) is 0 Å². The van der Waals surface area contributed by atoms with Gasteiger partial charge in [0.25, 0.3) is 0 Å². The predicted molar refractivity (Wildman–Crippen MR) is 138 cm³/mol. The zero-order chi connectivity index (χ0) is 31.5. The highest BCUT2D eigenvalue weighted by molar-refractivity contribution is 5.83. The van der Waals surface area contributed by atoms with Gasteiger partial charge in [0.1, 0.15) is 11.3 Å². The number of fused-ring (bicyclic) bond motifs is 1. The first kappa shape index (κ1) is 32.9. The lowest BCUT2D eigenvalue weighted by atomic mass is 9.95. The summed E-state index contributed by atoms with van der Waals surface area (Å²) in [5, 5.41) is 0.417. The summed E-state index contributed by atoms with van der Waals surface area (Å²) in [6.45, 7) is 1.87. The maximum absolute atomic E-state index is 14.3. The fourth-order valence-corrected chi connectivity index (χ4v) is 3.98. The number of carbonyl (C=O) groups excluding carboxylic acids is 1. The number of esters is 1. The number of rotatable bonds is 13. The van der Waals surface area contributed by atoms with Gasteiger partial charge in [-0.3, -0.25) is 4.79 Å². The maximum Gasteiger partial charge on any atom is 0.378 e. The highest BCUT2D eigenvalue weighted by Crippen LogP contribution is 2.54. The molecule has 5 nitrogen and oxygen atoms in total. The molecule has 0 aliphatic carbocycles. The van der Waals surface area contributed by atoms with Crippen LogP contribution < -0.4 is 10.4 Å². The second-order valence-corrected chi connectivity index (χ2v) is 9.89. The van der Waals surface area contributed by atoms with Crippen LogP contribution in [0.15, 0.2) is 57.7 Å². The lowest BCUT2D eigenvalue weighted by Crippen LogP contribution is -2.62. The Hall–Kier alpha value is -3.64. The first-order chi connectivity index (χ1) is 19.4. The summed E-state index contributed by atoms with van der Waals surface area (Å²) in [6.07, 6.45) is -3.52. The van der Waals surface area contributed by atoms with Gasteiger partial charge in [0, 0.05) is 11.5 Å². The highest BCUT2D eigenvalue weighted by Gasteiger charge is 2.79. The molecule has 1 heterocycles.